The summed E-state index contributed by atoms with van der Waals surface area (Å²) >= 11 is 7.20. The lowest BCUT2D eigenvalue weighted by Gasteiger charge is -2.33. The fourth-order valence-corrected chi connectivity index (χ4v) is 5.07. The number of halogens is 2. The summed E-state index contributed by atoms with van der Waals surface area (Å²) in [6.07, 6.45) is 4.83. The van der Waals surface area contributed by atoms with Crippen molar-refractivity contribution in [2.24, 2.45) is 10.5 Å². The van der Waals surface area contributed by atoms with Crippen molar-refractivity contribution < 1.29 is 9.53 Å². The van der Waals surface area contributed by atoms with E-state index in [2.05, 4.69) is 89.1 Å². The van der Waals surface area contributed by atoms with Crippen LogP contribution in [0.25, 0.3) is 6.08 Å². The van der Waals surface area contributed by atoms with Gasteiger partial charge in [0.2, 0.25) is 0 Å². The number of carbonyl (C=O) groups is 1. The molecule has 0 aliphatic carbocycles. The number of amides is 1. The lowest BCUT2D eigenvalue weighted by Crippen LogP contribution is -2.26. The SMILES string of the molecule is CC(/C=C/c1ccccc1)=N/NC(=O)COc1c(Br)cc(C(C)(C)CC(C)(C)C)cc1Br. The Morgan fingerprint density at radius 1 is 1.06 bits per heavy atom. The average Bonchev–Trinajstić information content (AvgIpc) is 2.69. The van der Waals surface area contributed by atoms with Crippen LogP contribution in [-0.2, 0) is 10.2 Å². The first kappa shape index (κ1) is 26.3. The Hall–Kier alpha value is -1.92. The molecule has 2 aromatic carbocycles. The van der Waals surface area contributed by atoms with Crippen molar-refractivity contribution in [1.29, 1.82) is 0 Å². The lowest BCUT2D eigenvalue weighted by atomic mass is 9.72. The highest BCUT2D eigenvalue weighted by atomic mass is 79.9. The number of allylic oxidation sites excluding steroid dienone is 1. The largest absolute Gasteiger partial charge is 0.481 e. The summed E-state index contributed by atoms with van der Waals surface area (Å²) in [7, 11) is 0. The molecule has 0 fully saturated rings. The van der Waals surface area contributed by atoms with E-state index >= 15 is 0 Å². The Bertz CT molecular complexity index is 968. The molecule has 0 bridgehead atoms. The first-order valence-electron chi connectivity index (χ1n) is 10.6. The quantitative estimate of drug-likeness (QED) is 0.267. The van der Waals surface area contributed by atoms with Crippen LogP contribution in [0, 0.1) is 5.41 Å². The Labute approximate surface area is 208 Å². The minimum absolute atomic E-state index is 0.00129. The highest BCUT2D eigenvalue weighted by Crippen LogP contribution is 2.42. The molecule has 0 spiro atoms. The molecule has 0 heterocycles. The fraction of sp³-hybridized carbons (Fsp3) is 0.385. The van der Waals surface area contributed by atoms with Gasteiger partial charge in [-0.3, -0.25) is 4.79 Å². The number of hydrogen-bond acceptors (Lipinski definition) is 3. The summed E-state index contributed by atoms with van der Waals surface area (Å²) in [6, 6.07) is 14.1. The van der Waals surface area contributed by atoms with Gasteiger partial charge in [0.25, 0.3) is 5.91 Å². The zero-order chi connectivity index (χ0) is 23.9. The molecule has 0 saturated carbocycles. The van der Waals surface area contributed by atoms with Crippen molar-refractivity contribution in [3.05, 3.63) is 68.6 Å². The van der Waals surface area contributed by atoms with E-state index < -0.39 is 0 Å². The van der Waals surface area contributed by atoms with E-state index in [0.717, 1.165) is 20.9 Å². The second kappa shape index (κ2) is 11.3. The third kappa shape index (κ3) is 8.55. The molecule has 0 aliphatic rings. The van der Waals surface area contributed by atoms with Crippen molar-refractivity contribution in [2.45, 2.75) is 53.4 Å². The van der Waals surface area contributed by atoms with Gasteiger partial charge >= 0.3 is 0 Å². The molecule has 1 N–H and O–H groups in total. The number of carbonyl (C=O) groups excluding carboxylic acids is 1. The second-order valence-electron chi connectivity index (χ2n) is 9.71. The van der Waals surface area contributed by atoms with E-state index in [9.17, 15) is 4.79 Å². The van der Waals surface area contributed by atoms with E-state index in [4.69, 9.17) is 4.74 Å². The number of rotatable bonds is 8. The topological polar surface area (TPSA) is 50.7 Å². The van der Waals surface area contributed by atoms with Gasteiger partial charge in [0.05, 0.1) is 14.7 Å². The number of nitrogens with one attached hydrogen (secondary N) is 1. The average molecular weight is 564 g/mol. The zero-order valence-electron chi connectivity index (χ0n) is 19.6. The van der Waals surface area contributed by atoms with Crippen LogP contribution in [-0.4, -0.2) is 18.2 Å². The van der Waals surface area contributed by atoms with Crippen molar-refractivity contribution in [3.8, 4) is 5.75 Å². The molecule has 4 nitrogen and oxygen atoms in total. The minimum atomic E-state index is -0.326. The van der Waals surface area contributed by atoms with Crippen LogP contribution in [0.15, 0.2) is 62.6 Å². The zero-order valence-corrected chi connectivity index (χ0v) is 22.8. The van der Waals surface area contributed by atoms with Crippen LogP contribution >= 0.6 is 31.9 Å². The number of ether oxygens (including phenoxy) is 1. The summed E-state index contributed by atoms with van der Waals surface area (Å²) in [4.78, 5) is 12.2. The van der Waals surface area contributed by atoms with Crippen molar-refractivity contribution in [1.82, 2.24) is 5.43 Å². The summed E-state index contributed by atoms with van der Waals surface area (Å²) in [6.45, 7) is 12.9. The number of nitrogens with zero attached hydrogens (tertiary/aromatic N) is 1. The van der Waals surface area contributed by atoms with E-state index in [1.54, 1.807) is 0 Å². The van der Waals surface area contributed by atoms with Crippen LogP contribution in [0.2, 0.25) is 0 Å². The predicted octanol–water partition coefficient (Wildman–Crippen LogP) is 7.51. The van der Waals surface area contributed by atoms with Crippen LogP contribution in [0.5, 0.6) is 5.75 Å². The fourth-order valence-electron chi connectivity index (χ4n) is 3.66. The molecule has 0 aliphatic heterocycles. The second-order valence-corrected chi connectivity index (χ2v) is 11.4. The number of hydrogen-bond donors (Lipinski definition) is 1. The molecular formula is C26H32Br2N2O2. The highest BCUT2D eigenvalue weighted by molar-refractivity contribution is 9.11. The van der Waals surface area contributed by atoms with E-state index in [1.165, 1.54) is 5.56 Å². The molecule has 1 amide bonds. The highest BCUT2D eigenvalue weighted by Gasteiger charge is 2.28. The summed E-state index contributed by atoms with van der Waals surface area (Å²) in [5.41, 5.74) is 5.71. The van der Waals surface area contributed by atoms with Gasteiger partial charge in [-0.2, -0.15) is 5.10 Å². The molecule has 0 atom stereocenters. The van der Waals surface area contributed by atoms with Gasteiger partial charge in [-0.1, -0.05) is 71.0 Å². The summed E-state index contributed by atoms with van der Waals surface area (Å²) in [5.74, 6) is 0.272. The monoisotopic (exact) mass is 562 g/mol. The number of benzene rings is 2. The molecule has 2 aromatic rings. The minimum Gasteiger partial charge on any atom is -0.481 e. The van der Waals surface area contributed by atoms with Gasteiger partial charge < -0.3 is 4.74 Å². The standard InChI is InChI=1S/C26H32Br2N2O2/c1-18(12-13-19-10-8-7-9-11-19)29-30-23(31)16-32-24-21(27)14-20(15-22(24)28)26(5,6)17-25(2,3)4/h7-15H,16-17H2,1-6H3,(H,30,31)/b13-12+,29-18-. The van der Waals surface area contributed by atoms with E-state index in [1.807, 2.05) is 49.4 Å². The first-order chi connectivity index (χ1) is 14.9. The van der Waals surface area contributed by atoms with Gasteiger partial charge in [-0.25, -0.2) is 5.43 Å². The molecule has 172 valence electrons. The molecule has 0 aromatic heterocycles. The van der Waals surface area contributed by atoms with Crippen molar-refractivity contribution in [2.75, 3.05) is 6.61 Å². The molecule has 2 rings (SSSR count). The molecule has 0 radical (unpaired) electrons. The first-order valence-corrected chi connectivity index (χ1v) is 12.1. The van der Waals surface area contributed by atoms with Crippen LogP contribution in [0.4, 0.5) is 0 Å². The van der Waals surface area contributed by atoms with E-state index in [0.29, 0.717) is 11.5 Å². The Kier molecular flexibility index (Phi) is 9.28. The van der Waals surface area contributed by atoms with Crippen LogP contribution < -0.4 is 10.2 Å². The maximum atomic E-state index is 12.2. The number of hydrazone groups is 1. The Morgan fingerprint density at radius 3 is 2.22 bits per heavy atom. The molecule has 6 heteroatoms. The van der Waals surface area contributed by atoms with Gasteiger partial charge in [0, 0.05) is 0 Å². The maximum Gasteiger partial charge on any atom is 0.277 e. The lowest BCUT2D eigenvalue weighted by molar-refractivity contribution is -0.123. The smallest absolute Gasteiger partial charge is 0.277 e. The summed E-state index contributed by atoms with van der Waals surface area (Å²) < 4.78 is 7.38. The normalized spacial score (nSPS) is 12.8. The third-order valence-electron chi connectivity index (χ3n) is 4.77. The van der Waals surface area contributed by atoms with Gasteiger partial charge in [-0.15, -0.1) is 0 Å². The van der Waals surface area contributed by atoms with Crippen LogP contribution in [0.3, 0.4) is 0 Å². The van der Waals surface area contributed by atoms with Crippen LogP contribution in [0.1, 0.15) is 59.1 Å². The molecular weight excluding hydrogens is 532 g/mol. The summed E-state index contributed by atoms with van der Waals surface area (Å²) in [5, 5.41) is 4.10. The Balaban J connectivity index is 1.98. The van der Waals surface area contributed by atoms with Gasteiger partial charge in [0.1, 0.15) is 5.75 Å². The maximum absolute atomic E-state index is 12.2. The predicted molar refractivity (Wildman–Crippen MR) is 141 cm³/mol. The van der Waals surface area contributed by atoms with Gasteiger partial charge in [0.15, 0.2) is 6.61 Å². The van der Waals surface area contributed by atoms with E-state index in [-0.39, 0.29) is 23.3 Å². The molecule has 0 saturated heterocycles. The van der Waals surface area contributed by atoms with Gasteiger partial charge in [-0.05, 0) is 85.4 Å². The Morgan fingerprint density at radius 2 is 1.66 bits per heavy atom. The van der Waals surface area contributed by atoms with Crippen molar-refractivity contribution >= 4 is 49.6 Å². The third-order valence-corrected chi connectivity index (χ3v) is 5.95. The molecule has 0 unspecified atom stereocenters. The van der Waals surface area contributed by atoms with Crippen molar-refractivity contribution in [3.63, 3.8) is 0 Å². The molecule has 32 heavy (non-hydrogen) atoms.